The van der Waals surface area contributed by atoms with Crippen LogP contribution in [-0.4, -0.2) is 56.2 Å². The first-order chi connectivity index (χ1) is 15.7. The van der Waals surface area contributed by atoms with Gasteiger partial charge in [0.15, 0.2) is 11.6 Å². The highest BCUT2D eigenvalue weighted by molar-refractivity contribution is 6.10. The van der Waals surface area contributed by atoms with Crippen LogP contribution in [0.2, 0.25) is 0 Å². The monoisotopic (exact) mass is 456 g/mol. The number of carbonyl (C=O) groups is 1. The number of halogens is 3. The number of β-amino-alcohol motifs (C(OH)–C–C–N with tert-alkyl or cyclic N) is 2. The second kappa shape index (κ2) is 7.75. The Labute approximate surface area is 185 Å². The number of aromatic amines is 2. The molecule has 0 saturated carbocycles. The Morgan fingerprint density at radius 2 is 1.79 bits per heavy atom. The first kappa shape index (κ1) is 21.2. The van der Waals surface area contributed by atoms with Gasteiger partial charge in [-0.1, -0.05) is 18.2 Å². The smallest absolute Gasteiger partial charge is 0.389 e. The number of anilines is 1. The first-order valence-corrected chi connectivity index (χ1v) is 10.2. The molecule has 0 amide bonds. The van der Waals surface area contributed by atoms with Gasteiger partial charge < -0.3 is 25.1 Å². The van der Waals surface area contributed by atoms with E-state index in [2.05, 4.69) is 15.0 Å². The average Bonchev–Trinajstić information content (AvgIpc) is 3.50. The molecule has 33 heavy (non-hydrogen) atoms. The summed E-state index contributed by atoms with van der Waals surface area (Å²) in [7, 11) is 0. The fourth-order valence-corrected chi connectivity index (χ4v) is 4.05. The molecule has 0 radical (unpaired) electrons. The van der Waals surface area contributed by atoms with Gasteiger partial charge in [-0.2, -0.15) is 13.2 Å². The highest BCUT2D eigenvalue weighted by Crippen LogP contribution is 2.33. The fourth-order valence-electron chi connectivity index (χ4n) is 4.05. The van der Waals surface area contributed by atoms with Crippen molar-refractivity contribution in [3.63, 3.8) is 0 Å². The maximum absolute atomic E-state index is 13.3. The Bertz CT molecular complexity index is 1330. The zero-order valence-corrected chi connectivity index (χ0v) is 17.1. The molecule has 0 bridgehead atoms. The molecule has 1 aliphatic heterocycles. The molecule has 4 aromatic rings. The minimum absolute atomic E-state index is 0.0860. The van der Waals surface area contributed by atoms with Crippen LogP contribution in [-0.2, 0) is 6.18 Å². The molecule has 1 aliphatic rings. The van der Waals surface area contributed by atoms with Gasteiger partial charge in [0.05, 0.1) is 34.5 Å². The number of hydrogen-bond acceptors (Lipinski definition) is 5. The summed E-state index contributed by atoms with van der Waals surface area (Å²) in [5.74, 6) is -0.318. The number of ketones is 1. The number of H-pyrrole nitrogens is 2. The fraction of sp³-hybridized carbons (Fsp3) is 0.217. The van der Waals surface area contributed by atoms with Crippen LogP contribution >= 0.6 is 0 Å². The van der Waals surface area contributed by atoms with Crippen molar-refractivity contribution >= 4 is 22.5 Å². The van der Waals surface area contributed by atoms with Gasteiger partial charge in [-0.15, -0.1) is 0 Å². The van der Waals surface area contributed by atoms with Crippen molar-refractivity contribution in [3.8, 4) is 11.5 Å². The number of fused-ring (bicyclic) bond motifs is 1. The van der Waals surface area contributed by atoms with Gasteiger partial charge in [-0.05, 0) is 30.3 Å². The van der Waals surface area contributed by atoms with Crippen molar-refractivity contribution < 1.29 is 28.2 Å². The Kier molecular flexibility index (Phi) is 4.98. The van der Waals surface area contributed by atoms with Gasteiger partial charge in [0, 0.05) is 36.1 Å². The van der Waals surface area contributed by atoms with Crippen LogP contribution in [0.5, 0.6) is 0 Å². The SMILES string of the molecule is O=C(c1c[nH]c(-c2nc3ccc(N4C[C@H](O)[C@@H](O)C4)cc3[nH]2)c1)c1ccccc1C(F)(F)F. The van der Waals surface area contributed by atoms with E-state index in [0.29, 0.717) is 35.6 Å². The summed E-state index contributed by atoms with van der Waals surface area (Å²) in [6, 6.07) is 11.6. The molecule has 1 fully saturated rings. The molecule has 1 saturated heterocycles. The van der Waals surface area contributed by atoms with Gasteiger partial charge >= 0.3 is 6.18 Å². The maximum atomic E-state index is 13.3. The van der Waals surface area contributed by atoms with Crippen molar-refractivity contribution in [2.75, 3.05) is 18.0 Å². The van der Waals surface area contributed by atoms with Crippen LogP contribution < -0.4 is 4.90 Å². The number of alkyl halides is 3. The summed E-state index contributed by atoms with van der Waals surface area (Å²) < 4.78 is 39.9. The first-order valence-electron chi connectivity index (χ1n) is 10.2. The standard InChI is InChI=1S/C23H19F3N4O3/c24-23(25,26)15-4-2-1-3-14(15)21(33)12-7-18(27-9-12)22-28-16-6-5-13(8-17(16)29-22)30-10-19(31)20(32)11-30/h1-9,19-20,27,31-32H,10-11H2,(H,28,29)/t19-,20-/m0/s1. The average molecular weight is 456 g/mol. The molecular weight excluding hydrogens is 437 g/mol. The van der Waals surface area contributed by atoms with Gasteiger partial charge in [-0.3, -0.25) is 4.79 Å². The second-order valence-corrected chi connectivity index (χ2v) is 8.00. The lowest BCUT2D eigenvalue weighted by molar-refractivity contribution is -0.137. The predicted molar refractivity (Wildman–Crippen MR) is 115 cm³/mol. The summed E-state index contributed by atoms with van der Waals surface area (Å²) in [6.45, 7) is 0.629. The molecule has 5 rings (SSSR count). The predicted octanol–water partition coefficient (Wildman–Crippen LogP) is 3.35. The largest absolute Gasteiger partial charge is 0.417 e. The molecule has 7 nitrogen and oxygen atoms in total. The second-order valence-electron chi connectivity index (χ2n) is 8.00. The molecule has 3 heterocycles. The lowest BCUT2D eigenvalue weighted by Crippen LogP contribution is -2.22. The van der Waals surface area contributed by atoms with Crippen molar-refractivity contribution in [1.82, 2.24) is 15.0 Å². The molecule has 170 valence electrons. The van der Waals surface area contributed by atoms with Gasteiger partial charge in [0.25, 0.3) is 0 Å². The number of aliphatic hydroxyl groups excluding tert-OH is 2. The van der Waals surface area contributed by atoms with E-state index in [1.54, 1.807) is 6.07 Å². The van der Waals surface area contributed by atoms with E-state index in [1.165, 1.54) is 24.4 Å². The van der Waals surface area contributed by atoms with Gasteiger partial charge in [0.1, 0.15) is 0 Å². The number of aliphatic hydroxyl groups is 2. The van der Waals surface area contributed by atoms with E-state index in [9.17, 15) is 28.2 Å². The van der Waals surface area contributed by atoms with Crippen LogP contribution in [0.25, 0.3) is 22.6 Å². The molecule has 0 spiro atoms. The van der Waals surface area contributed by atoms with E-state index in [-0.39, 0.29) is 5.56 Å². The van der Waals surface area contributed by atoms with E-state index in [4.69, 9.17) is 0 Å². The third kappa shape index (κ3) is 3.87. The number of nitrogens with one attached hydrogen (secondary N) is 2. The van der Waals surface area contributed by atoms with Gasteiger partial charge in [-0.25, -0.2) is 4.98 Å². The number of aromatic nitrogens is 3. The third-order valence-corrected chi connectivity index (χ3v) is 5.77. The van der Waals surface area contributed by atoms with Crippen molar-refractivity contribution in [1.29, 1.82) is 0 Å². The zero-order chi connectivity index (χ0) is 23.3. The minimum atomic E-state index is -4.64. The van der Waals surface area contributed by atoms with E-state index < -0.39 is 35.3 Å². The summed E-state index contributed by atoms with van der Waals surface area (Å²) in [4.78, 5) is 25.2. The summed E-state index contributed by atoms with van der Waals surface area (Å²) in [5, 5.41) is 19.6. The molecular formula is C23H19F3N4O3. The lowest BCUT2D eigenvalue weighted by atomic mass is 9.99. The third-order valence-electron chi connectivity index (χ3n) is 5.77. The van der Waals surface area contributed by atoms with Crippen LogP contribution in [0.1, 0.15) is 21.5 Å². The molecule has 4 N–H and O–H groups in total. The Balaban J connectivity index is 1.43. The number of carbonyl (C=O) groups excluding carboxylic acids is 1. The number of rotatable bonds is 4. The highest BCUT2D eigenvalue weighted by atomic mass is 19.4. The Morgan fingerprint density at radius 1 is 1.06 bits per heavy atom. The molecule has 0 aliphatic carbocycles. The van der Waals surface area contributed by atoms with E-state index in [0.717, 1.165) is 17.8 Å². The van der Waals surface area contributed by atoms with Crippen molar-refractivity contribution in [2.24, 2.45) is 0 Å². The topological polar surface area (TPSA) is 105 Å². The van der Waals surface area contributed by atoms with Crippen LogP contribution in [0.4, 0.5) is 18.9 Å². The normalized spacial score (nSPS) is 18.9. The molecule has 10 heteroatoms. The Morgan fingerprint density at radius 3 is 2.52 bits per heavy atom. The summed E-state index contributed by atoms with van der Waals surface area (Å²) in [5.41, 5.74) is 1.29. The van der Waals surface area contributed by atoms with E-state index >= 15 is 0 Å². The summed E-state index contributed by atoms with van der Waals surface area (Å²) >= 11 is 0. The van der Waals surface area contributed by atoms with E-state index in [1.807, 2.05) is 17.0 Å². The minimum Gasteiger partial charge on any atom is -0.389 e. The van der Waals surface area contributed by atoms with Crippen molar-refractivity contribution in [3.05, 3.63) is 71.4 Å². The molecule has 2 aromatic heterocycles. The van der Waals surface area contributed by atoms with Crippen LogP contribution in [0.3, 0.4) is 0 Å². The lowest BCUT2D eigenvalue weighted by Gasteiger charge is -2.17. The van der Waals surface area contributed by atoms with Crippen LogP contribution in [0.15, 0.2) is 54.7 Å². The molecule has 0 unspecified atom stereocenters. The van der Waals surface area contributed by atoms with Gasteiger partial charge in [0.2, 0.25) is 0 Å². The number of imidazole rings is 1. The molecule has 2 aromatic carbocycles. The number of nitrogens with zero attached hydrogens (tertiary/aromatic N) is 2. The highest BCUT2D eigenvalue weighted by Gasteiger charge is 2.35. The summed E-state index contributed by atoms with van der Waals surface area (Å²) in [6.07, 6.45) is -4.90. The molecule has 2 atom stereocenters. The number of benzene rings is 2. The maximum Gasteiger partial charge on any atom is 0.417 e. The zero-order valence-electron chi connectivity index (χ0n) is 17.1. The quantitative estimate of drug-likeness (QED) is 0.353. The Hall–Kier alpha value is -3.63. The number of hydrogen-bond donors (Lipinski definition) is 4. The van der Waals surface area contributed by atoms with Crippen LogP contribution in [0, 0.1) is 0 Å². The van der Waals surface area contributed by atoms with Crippen molar-refractivity contribution in [2.45, 2.75) is 18.4 Å².